The first-order valence-electron chi connectivity index (χ1n) is 8.89. The lowest BCUT2D eigenvalue weighted by molar-refractivity contribution is -0.384. The number of nitrogens with one attached hydrogen (secondary N) is 3. The first-order chi connectivity index (χ1) is 13.8. The molecule has 0 spiro atoms. The summed E-state index contributed by atoms with van der Waals surface area (Å²) in [5.41, 5.74) is 1.85. The molecule has 0 fully saturated rings. The molecule has 1 aliphatic rings. The van der Waals surface area contributed by atoms with E-state index in [0.717, 1.165) is 0 Å². The lowest BCUT2D eigenvalue weighted by atomic mass is 9.91. The molecular weight excluding hydrogens is 395 g/mol. The number of hydrogen-bond acceptors (Lipinski definition) is 4. The van der Waals surface area contributed by atoms with E-state index in [1.54, 1.807) is 18.2 Å². The van der Waals surface area contributed by atoms with Crippen molar-refractivity contribution < 1.29 is 14.1 Å². The van der Waals surface area contributed by atoms with E-state index in [1.807, 2.05) is 13.8 Å². The molecule has 7 nitrogen and oxygen atoms in total. The summed E-state index contributed by atoms with van der Waals surface area (Å²) in [6.45, 7) is 3.83. The topological polar surface area (TPSA) is 96.3 Å². The molecular formula is C20H19FN4O3S. The maximum atomic E-state index is 13.4. The number of nitrogens with zero attached hydrogens (tertiary/aromatic N) is 1. The second kappa shape index (κ2) is 8.36. The number of rotatable bonds is 5. The molecule has 1 aliphatic heterocycles. The summed E-state index contributed by atoms with van der Waals surface area (Å²) >= 11 is 5.28. The molecule has 0 radical (unpaired) electrons. The highest BCUT2D eigenvalue weighted by Crippen LogP contribution is 2.31. The van der Waals surface area contributed by atoms with Crippen molar-refractivity contribution in [2.75, 3.05) is 5.32 Å². The van der Waals surface area contributed by atoms with Crippen molar-refractivity contribution in [2.45, 2.75) is 19.9 Å². The van der Waals surface area contributed by atoms with Crippen LogP contribution >= 0.6 is 12.2 Å². The number of amides is 1. The summed E-state index contributed by atoms with van der Waals surface area (Å²) in [6, 6.07) is 10.9. The van der Waals surface area contributed by atoms with Gasteiger partial charge in [0.15, 0.2) is 5.11 Å². The van der Waals surface area contributed by atoms with Crippen molar-refractivity contribution in [1.82, 2.24) is 10.6 Å². The van der Waals surface area contributed by atoms with Gasteiger partial charge in [0.05, 0.1) is 16.5 Å². The second-order valence-corrected chi connectivity index (χ2v) is 7.23. The van der Waals surface area contributed by atoms with Crippen molar-refractivity contribution >= 4 is 34.6 Å². The minimum absolute atomic E-state index is 0.0520. The number of nitro benzene ring substituents is 1. The number of non-ortho nitro benzene ring substituents is 1. The number of carbonyl (C=O) groups excluding carboxylic acids is 1. The van der Waals surface area contributed by atoms with E-state index >= 15 is 0 Å². The van der Waals surface area contributed by atoms with Gasteiger partial charge in [0.2, 0.25) is 0 Å². The Kier molecular flexibility index (Phi) is 5.88. The number of hydrogen-bond donors (Lipinski definition) is 3. The Bertz CT molecular complexity index is 1010. The van der Waals surface area contributed by atoms with Crippen LogP contribution < -0.4 is 16.0 Å². The molecule has 1 atom stereocenters. The summed E-state index contributed by atoms with van der Waals surface area (Å²) < 4.78 is 13.4. The summed E-state index contributed by atoms with van der Waals surface area (Å²) in [5, 5.41) is 20.2. The molecule has 0 saturated carbocycles. The van der Waals surface area contributed by atoms with Crippen LogP contribution in [0.4, 0.5) is 15.8 Å². The summed E-state index contributed by atoms with van der Waals surface area (Å²) in [4.78, 5) is 23.7. The van der Waals surface area contributed by atoms with Crippen molar-refractivity contribution in [3.05, 3.63) is 81.3 Å². The van der Waals surface area contributed by atoms with Gasteiger partial charge in [0.1, 0.15) is 5.82 Å². The van der Waals surface area contributed by atoms with E-state index in [-0.39, 0.29) is 17.4 Å². The molecule has 0 aliphatic carbocycles. The SMILES string of the molecule is CC(C)C1=C(C(=O)Nc2cccc([N+](=O)[O-])c2)C(c2ccc(F)cc2)NC(=S)N1. The molecule has 2 aromatic carbocycles. The van der Waals surface area contributed by atoms with Crippen molar-refractivity contribution in [1.29, 1.82) is 0 Å². The van der Waals surface area contributed by atoms with Crippen LogP contribution in [0.3, 0.4) is 0 Å². The van der Waals surface area contributed by atoms with E-state index < -0.39 is 16.9 Å². The fourth-order valence-corrected chi connectivity index (χ4v) is 3.32. The number of anilines is 1. The van der Waals surface area contributed by atoms with E-state index in [4.69, 9.17) is 12.2 Å². The van der Waals surface area contributed by atoms with Crippen LogP contribution in [-0.4, -0.2) is 15.9 Å². The first kappa shape index (κ1) is 20.4. The number of carbonyl (C=O) groups is 1. The van der Waals surface area contributed by atoms with Crippen molar-refractivity contribution in [2.24, 2.45) is 5.92 Å². The third-order valence-electron chi connectivity index (χ3n) is 4.44. The van der Waals surface area contributed by atoms with Crippen LogP contribution in [0.25, 0.3) is 0 Å². The van der Waals surface area contributed by atoms with Crippen LogP contribution in [0, 0.1) is 21.8 Å². The van der Waals surface area contributed by atoms with Gasteiger partial charge in [-0.25, -0.2) is 4.39 Å². The summed E-state index contributed by atoms with van der Waals surface area (Å²) in [5.74, 6) is -0.879. The molecule has 3 rings (SSSR count). The molecule has 2 aromatic rings. The Morgan fingerprint density at radius 1 is 1.24 bits per heavy atom. The molecule has 0 aromatic heterocycles. The number of nitro groups is 1. The lowest BCUT2D eigenvalue weighted by Crippen LogP contribution is -2.47. The highest BCUT2D eigenvalue weighted by molar-refractivity contribution is 7.80. The zero-order valence-corrected chi connectivity index (χ0v) is 16.5. The monoisotopic (exact) mass is 414 g/mol. The number of allylic oxidation sites excluding steroid dienone is 1. The summed E-state index contributed by atoms with van der Waals surface area (Å²) in [6.07, 6.45) is 0. The van der Waals surface area contributed by atoms with E-state index in [1.165, 1.54) is 30.3 Å². The van der Waals surface area contributed by atoms with Gasteiger partial charge in [-0.15, -0.1) is 0 Å². The average Bonchev–Trinajstić information content (AvgIpc) is 2.67. The Hall–Kier alpha value is -3.33. The van der Waals surface area contributed by atoms with Crippen LogP contribution in [-0.2, 0) is 4.79 Å². The van der Waals surface area contributed by atoms with Crippen LogP contribution in [0.2, 0.25) is 0 Å². The number of halogens is 1. The van der Waals surface area contributed by atoms with Gasteiger partial charge in [-0.05, 0) is 41.9 Å². The molecule has 29 heavy (non-hydrogen) atoms. The minimum atomic E-state index is -0.597. The van der Waals surface area contributed by atoms with Crippen LogP contribution in [0.5, 0.6) is 0 Å². The predicted octanol–water partition coefficient (Wildman–Crippen LogP) is 3.80. The highest BCUT2D eigenvalue weighted by Gasteiger charge is 2.32. The van der Waals surface area contributed by atoms with Crippen LogP contribution in [0.15, 0.2) is 59.8 Å². The van der Waals surface area contributed by atoms with Crippen molar-refractivity contribution in [3.63, 3.8) is 0 Å². The standard InChI is InChI=1S/C20H19FN4O3S/c1-11(2)17-16(19(26)22-14-4-3-5-15(10-14)25(27)28)18(24-20(29)23-17)12-6-8-13(21)9-7-12/h3-11,18H,1-2H3,(H,22,26)(H2,23,24,29). The Morgan fingerprint density at radius 2 is 1.93 bits per heavy atom. The maximum absolute atomic E-state index is 13.4. The normalized spacial score (nSPS) is 16.3. The van der Waals surface area contributed by atoms with Gasteiger partial charge < -0.3 is 16.0 Å². The lowest BCUT2D eigenvalue weighted by Gasteiger charge is -2.33. The summed E-state index contributed by atoms with van der Waals surface area (Å²) in [7, 11) is 0. The van der Waals surface area contributed by atoms with E-state index in [0.29, 0.717) is 27.6 Å². The highest BCUT2D eigenvalue weighted by atomic mass is 32.1. The minimum Gasteiger partial charge on any atom is -0.351 e. The Labute approximate surface area is 172 Å². The van der Waals surface area contributed by atoms with Crippen molar-refractivity contribution in [3.8, 4) is 0 Å². The Balaban J connectivity index is 2.02. The molecule has 9 heteroatoms. The van der Waals surface area contributed by atoms with Gasteiger partial charge in [-0.3, -0.25) is 14.9 Å². The molecule has 1 heterocycles. The number of thiocarbonyl (C=S) groups is 1. The molecule has 0 saturated heterocycles. The molecule has 0 bridgehead atoms. The smallest absolute Gasteiger partial charge is 0.271 e. The average molecular weight is 414 g/mol. The molecule has 1 unspecified atom stereocenters. The van der Waals surface area contributed by atoms with Gasteiger partial charge in [-0.2, -0.15) is 0 Å². The second-order valence-electron chi connectivity index (χ2n) is 6.83. The molecule has 150 valence electrons. The van der Waals surface area contributed by atoms with E-state index in [9.17, 15) is 19.3 Å². The number of benzene rings is 2. The third kappa shape index (κ3) is 4.57. The zero-order valence-electron chi connectivity index (χ0n) is 15.7. The maximum Gasteiger partial charge on any atom is 0.271 e. The fourth-order valence-electron chi connectivity index (χ4n) is 3.09. The first-order valence-corrected chi connectivity index (χ1v) is 9.30. The molecule has 3 N–H and O–H groups in total. The largest absolute Gasteiger partial charge is 0.351 e. The molecule has 1 amide bonds. The van der Waals surface area contributed by atoms with Gasteiger partial charge >= 0.3 is 0 Å². The predicted molar refractivity (Wildman–Crippen MR) is 112 cm³/mol. The van der Waals surface area contributed by atoms with E-state index in [2.05, 4.69) is 16.0 Å². The fraction of sp³-hybridized carbons (Fsp3) is 0.200. The zero-order chi connectivity index (χ0) is 21.1. The third-order valence-corrected chi connectivity index (χ3v) is 4.66. The van der Waals surface area contributed by atoms with Gasteiger partial charge in [0.25, 0.3) is 11.6 Å². The quantitative estimate of drug-likeness (QED) is 0.391. The van der Waals surface area contributed by atoms with Crippen LogP contribution in [0.1, 0.15) is 25.5 Å². The Morgan fingerprint density at radius 3 is 2.55 bits per heavy atom. The van der Waals surface area contributed by atoms with Gasteiger partial charge in [0, 0.05) is 23.5 Å². The van der Waals surface area contributed by atoms with Gasteiger partial charge in [-0.1, -0.05) is 32.0 Å².